The first-order valence-corrected chi connectivity index (χ1v) is 14.2. The van der Waals surface area contributed by atoms with Crippen molar-refractivity contribution in [3.05, 3.63) is 64.2 Å². The topological polar surface area (TPSA) is 48.4 Å². The number of carbonyl (C=O) groups excluding carboxylic acids is 1. The molecule has 1 aliphatic carbocycles. The van der Waals surface area contributed by atoms with Gasteiger partial charge in [0.25, 0.3) is 0 Å². The first-order valence-electron chi connectivity index (χ1n) is 12.4. The Hall–Kier alpha value is -2.52. The van der Waals surface area contributed by atoms with Crippen LogP contribution < -0.4 is 4.74 Å². The molecule has 0 amide bonds. The number of benzene rings is 2. The Bertz CT molecular complexity index is 1200. The first kappa shape index (κ1) is 27.5. The minimum atomic E-state index is -4.35. The van der Waals surface area contributed by atoms with Gasteiger partial charge in [-0.05, 0) is 68.5 Å². The normalized spacial score (nSPS) is 14.5. The van der Waals surface area contributed by atoms with Crippen LogP contribution in [-0.2, 0) is 21.5 Å². The average molecular weight is 550 g/mol. The van der Waals surface area contributed by atoms with Crippen LogP contribution in [0.2, 0.25) is 0 Å². The molecule has 0 unspecified atom stereocenters. The Morgan fingerprint density at radius 2 is 1.84 bits per heavy atom. The maximum Gasteiger partial charge on any atom is 0.416 e. The highest BCUT2D eigenvalue weighted by molar-refractivity contribution is 7.98. The number of thioether (sulfide) groups is 1. The highest BCUT2D eigenvalue weighted by Crippen LogP contribution is 2.41. The number of ether oxygens (including phenoxy) is 2. The molecule has 4 nitrogen and oxygen atoms in total. The molecule has 198 valence electrons. The van der Waals surface area contributed by atoms with Gasteiger partial charge in [0.2, 0.25) is 0 Å². The van der Waals surface area contributed by atoms with Crippen molar-refractivity contribution in [2.75, 3.05) is 13.2 Å². The summed E-state index contributed by atoms with van der Waals surface area (Å²) >= 11 is 3.20. The van der Waals surface area contributed by atoms with Crippen LogP contribution in [0.4, 0.5) is 13.2 Å². The van der Waals surface area contributed by atoms with E-state index in [-0.39, 0.29) is 12.6 Å². The number of hydrogen-bond acceptors (Lipinski definition) is 6. The van der Waals surface area contributed by atoms with E-state index in [4.69, 9.17) is 9.47 Å². The number of nitrogens with zero attached hydrogens (tertiary/aromatic N) is 1. The fourth-order valence-electron chi connectivity index (χ4n) is 4.46. The first-order chi connectivity index (χ1) is 17.7. The molecule has 0 saturated heterocycles. The predicted molar refractivity (Wildman–Crippen MR) is 141 cm³/mol. The summed E-state index contributed by atoms with van der Waals surface area (Å²) in [4.78, 5) is 18.6. The zero-order valence-electron chi connectivity index (χ0n) is 20.9. The Morgan fingerprint density at radius 3 is 2.51 bits per heavy atom. The Kier molecular flexibility index (Phi) is 9.18. The van der Waals surface area contributed by atoms with E-state index in [0.717, 1.165) is 51.8 Å². The molecule has 0 aliphatic heterocycles. The minimum absolute atomic E-state index is 0.104. The zero-order valence-corrected chi connectivity index (χ0v) is 22.5. The smallest absolute Gasteiger partial charge is 0.416 e. The van der Waals surface area contributed by atoms with E-state index < -0.39 is 11.7 Å². The molecular weight excluding hydrogens is 519 g/mol. The molecule has 0 atom stereocenters. The largest absolute Gasteiger partial charge is 0.482 e. The molecule has 0 N–H and O–H groups in total. The highest BCUT2D eigenvalue weighted by Gasteiger charge is 2.30. The number of alkyl halides is 3. The third kappa shape index (κ3) is 7.29. The number of hydrogen-bond donors (Lipinski definition) is 0. The van der Waals surface area contributed by atoms with Gasteiger partial charge < -0.3 is 9.47 Å². The van der Waals surface area contributed by atoms with E-state index in [2.05, 4.69) is 11.1 Å². The lowest BCUT2D eigenvalue weighted by atomic mass is 9.84. The number of thiazole rings is 1. The van der Waals surface area contributed by atoms with Crippen LogP contribution in [0.15, 0.2) is 47.4 Å². The number of esters is 1. The fourth-order valence-corrected chi connectivity index (χ4v) is 6.61. The lowest BCUT2D eigenvalue weighted by Gasteiger charge is -2.24. The van der Waals surface area contributed by atoms with Crippen LogP contribution in [-0.4, -0.2) is 24.2 Å². The van der Waals surface area contributed by atoms with Crippen molar-refractivity contribution in [2.24, 2.45) is 0 Å². The third-order valence-electron chi connectivity index (χ3n) is 6.40. The van der Waals surface area contributed by atoms with Gasteiger partial charge in [-0.2, -0.15) is 13.2 Å². The molecule has 3 aromatic rings. The van der Waals surface area contributed by atoms with E-state index in [0.29, 0.717) is 28.8 Å². The fraction of sp³-hybridized carbons (Fsp3) is 0.429. The number of aryl methyl sites for hydroxylation is 1. The van der Waals surface area contributed by atoms with Crippen LogP contribution >= 0.6 is 23.1 Å². The summed E-state index contributed by atoms with van der Waals surface area (Å²) in [5, 5.41) is 0.715. The SMILES string of the molecule is CCOC(=O)COc1ccc(SCc2sc(-c3ccc(C(F)(F)F)cc3)nc2C)cc1C1CCCCC1. The van der Waals surface area contributed by atoms with Gasteiger partial charge in [-0.3, -0.25) is 0 Å². The molecule has 1 aromatic heterocycles. The molecule has 0 spiro atoms. The minimum Gasteiger partial charge on any atom is -0.482 e. The van der Waals surface area contributed by atoms with Crippen molar-refractivity contribution in [1.82, 2.24) is 4.98 Å². The van der Waals surface area contributed by atoms with Crippen LogP contribution in [0.3, 0.4) is 0 Å². The van der Waals surface area contributed by atoms with Gasteiger partial charge in [-0.15, -0.1) is 23.1 Å². The second-order valence-corrected chi connectivity index (χ2v) is 11.2. The van der Waals surface area contributed by atoms with Gasteiger partial charge in [-0.1, -0.05) is 31.4 Å². The molecule has 1 saturated carbocycles. The number of carbonyl (C=O) groups is 1. The molecule has 1 aliphatic rings. The summed E-state index contributed by atoms with van der Waals surface area (Å²) in [6.45, 7) is 3.92. The second-order valence-electron chi connectivity index (χ2n) is 9.02. The van der Waals surface area contributed by atoms with Crippen LogP contribution in [0, 0.1) is 6.92 Å². The summed E-state index contributed by atoms with van der Waals surface area (Å²) in [6.07, 6.45) is 1.48. The molecule has 4 rings (SSSR count). The zero-order chi connectivity index (χ0) is 26.4. The molecular formula is C28H30F3NO3S2. The van der Waals surface area contributed by atoms with Crippen LogP contribution in [0.25, 0.3) is 10.6 Å². The summed E-state index contributed by atoms with van der Waals surface area (Å²) in [5.74, 6) is 1.47. The van der Waals surface area contributed by atoms with E-state index in [9.17, 15) is 18.0 Å². The van der Waals surface area contributed by atoms with Crippen LogP contribution in [0.5, 0.6) is 5.75 Å². The number of rotatable bonds is 9. The van der Waals surface area contributed by atoms with Gasteiger partial charge in [0.05, 0.1) is 17.9 Å². The van der Waals surface area contributed by atoms with Crippen molar-refractivity contribution in [3.8, 4) is 16.3 Å². The quantitative estimate of drug-likeness (QED) is 0.198. The second kappa shape index (κ2) is 12.3. The highest BCUT2D eigenvalue weighted by atomic mass is 32.2. The summed E-state index contributed by atoms with van der Waals surface area (Å²) in [6, 6.07) is 11.3. The van der Waals surface area contributed by atoms with Crippen molar-refractivity contribution >= 4 is 29.1 Å². The van der Waals surface area contributed by atoms with Crippen molar-refractivity contribution in [1.29, 1.82) is 0 Å². The van der Waals surface area contributed by atoms with Gasteiger partial charge in [0, 0.05) is 21.1 Å². The summed E-state index contributed by atoms with van der Waals surface area (Å²) < 4.78 is 49.5. The van der Waals surface area contributed by atoms with Gasteiger partial charge in [0.1, 0.15) is 10.8 Å². The lowest BCUT2D eigenvalue weighted by molar-refractivity contribution is -0.145. The van der Waals surface area contributed by atoms with Crippen LogP contribution in [0.1, 0.15) is 66.6 Å². The maximum absolute atomic E-state index is 12.9. The molecule has 0 radical (unpaired) electrons. The van der Waals surface area contributed by atoms with E-state index in [1.807, 2.05) is 19.1 Å². The Labute approximate surface area is 223 Å². The predicted octanol–water partition coefficient (Wildman–Crippen LogP) is 8.42. The van der Waals surface area contributed by atoms with E-state index >= 15 is 0 Å². The summed E-state index contributed by atoms with van der Waals surface area (Å²) in [7, 11) is 0. The molecule has 1 heterocycles. The molecule has 1 fully saturated rings. The van der Waals surface area contributed by atoms with Gasteiger partial charge in [0.15, 0.2) is 6.61 Å². The molecule has 2 aromatic carbocycles. The maximum atomic E-state index is 12.9. The lowest BCUT2D eigenvalue weighted by Crippen LogP contribution is -2.16. The Morgan fingerprint density at radius 1 is 1.11 bits per heavy atom. The number of halogens is 3. The number of aromatic nitrogens is 1. The van der Waals surface area contributed by atoms with Crippen molar-refractivity contribution in [2.45, 2.75) is 68.7 Å². The molecule has 9 heteroatoms. The van der Waals surface area contributed by atoms with Crippen molar-refractivity contribution in [3.63, 3.8) is 0 Å². The van der Waals surface area contributed by atoms with E-state index in [1.165, 1.54) is 42.7 Å². The van der Waals surface area contributed by atoms with E-state index in [1.54, 1.807) is 18.7 Å². The average Bonchev–Trinajstić information content (AvgIpc) is 3.27. The monoisotopic (exact) mass is 549 g/mol. The summed E-state index contributed by atoms with van der Waals surface area (Å²) in [5.41, 5.74) is 2.04. The Balaban J connectivity index is 1.47. The van der Waals surface area contributed by atoms with Crippen molar-refractivity contribution < 1.29 is 27.4 Å². The third-order valence-corrected chi connectivity index (χ3v) is 8.81. The standard InChI is InChI=1S/C28H30F3NO3S2/c1-3-34-26(33)16-35-24-14-13-22(15-23(24)19-7-5-4-6-8-19)36-17-25-18(2)32-27(37-25)20-9-11-21(12-10-20)28(29,30)31/h9-15,19H,3-8,16-17H2,1-2H3. The van der Waals surface area contributed by atoms with Gasteiger partial charge >= 0.3 is 12.1 Å². The molecule has 0 bridgehead atoms. The van der Waals surface area contributed by atoms with Gasteiger partial charge in [-0.25, -0.2) is 9.78 Å². The molecule has 37 heavy (non-hydrogen) atoms.